The maximum Gasteiger partial charge on any atom is 0.306 e. The highest BCUT2D eigenvalue weighted by molar-refractivity contribution is 6.32. The Morgan fingerprint density at radius 1 is 1.40 bits per heavy atom. The summed E-state index contributed by atoms with van der Waals surface area (Å²) in [6, 6.07) is 4.89. The van der Waals surface area contributed by atoms with Crippen LogP contribution in [0.15, 0.2) is 29.8 Å². The van der Waals surface area contributed by atoms with Crippen molar-refractivity contribution in [3.8, 4) is 5.75 Å². The minimum Gasteiger partial charge on any atom is -0.495 e. The summed E-state index contributed by atoms with van der Waals surface area (Å²) >= 11 is 6.00. The summed E-state index contributed by atoms with van der Waals surface area (Å²) in [6.07, 6.45) is 3.11. The number of ketones is 1. The Morgan fingerprint density at radius 2 is 2.15 bits per heavy atom. The number of carboxylic acids is 1. The quantitative estimate of drug-likeness (QED) is 0.865. The number of halogens is 1. The van der Waals surface area contributed by atoms with E-state index in [1.54, 1.807) is 24.3 Å². The number of carbonyl (C=O) groups is 2. The zero-order chi connectivity index (χ0) is 14.7. The van der Waals surface area contributed by atoms with Crippen molar-refractivity contribution in [1.82, 2.24) is 0 Å². The molecule has 0 saturated carbocycles. The number of hydrogen-bond donors (Lipinski definition) is 1. The monoisotopic (exact) mass is 294 g/mol. The molecule has 106 valence electrons. The van der Waals surface area contributed by atoms with Crippen molar-refractivity contribution >= 4 is 23.4 Å². The first kappa shape index (κ1) is 14.6. The number of aliphatic carboxylic acids is 1. The van der Waals surface area contributed by atoms with E-state index in [1.165, 1.54) is 7.11 Å². The number of ether oxygens (including phenoxy) is 1. The van der Waals surface area contributed by atoms with Gasteiger partial charge in [-0.1, -0.05) is 17.7 Å². The van der Waals surface area contributed by atoms with Crippen molar-refractivity contribution in [3.63, 3.8) is 0 Å². The van der Waals surface area contributed by atoms with Gasteiger partial charge in [-0.3, -0.25) is 9.59 Å². The van der Waals surface area contributed by atoms with E-state index in [1.807, 2.05) is 0 Å². The molecule has 0 amide bonds. The minimum absolute atomic E-state index is 0.0987. The van der Waals surface area contributed by atoms with Gasteiger partial charge in [-0.15, -0.1) is 0 Å². The van der Waals surface area contributed by atoms with Gasteiger partial charge in [0.05, 0.1) is 18.1 Å². The van der Waals surface area contributed by atoms with E-state index in [0.29, 0.717) is 41.2 Å². The molecule has 0 saturated heterocycles. The summed E-state index contributed by atoms with van der Waals surface area (Å²) in [5.41, 5.74) is 1.15. The van der Waals surface area contributed by atoms with E-state index in [4.69, 9.17) is 21.4 Å². The Hall–Kier alpha value is -1.81. The molecule has 2 rings (SSSR count). The Kier molecular flexibility index (Phi) is 4.45. The smallest absolute Gasteiger partial charge is 0.306 e. The second kappa shape index (κ2) is 6.09. The highest BCUT2D eigenvalue weighted by atomic mass is 35.5. The van der Waals surface area contributed by atoms with Crippen LogP contribution >= 0.6 is 11.6 Å². The molecule has 0 bridgehead atoms. The fourth-order valence-electron chi connectivity index (χ4n) is 2.26. The molecule has 1 aliphatic carbocycles. The number of rotatable bonds is 4. The lowest BCUT2D eigenvalue weighted by Gasteiger charge is -2.17. The number of methoxy groups -OCH3 is 1. The molecule has 20 heavy (non-hydrogen) atoms. The maximum atomic E-state index is 12.3. The van der Waals surface area contributed by atoms with Gasteiger partial charge in [-0.25, -0.2) is 0 Å². The fraction of sp³-hybridized carbons (Fsp3) is 0.333. The number of hydrogen-bond acceptors (Lipinski definition) is 3. The predicted molar refractivity (Wildman–Crippen MR) is 75.4 cm³/mol. The number of carboxylic acid groups (broad SMARTS) is 1. The predicted octanol–water partition coefficient (Wildman–Crippen LogP) is 3.34. The molecule has 0 heterocycles. The van der Waals surface area contributed by atoms with Crippen LogP contribution in [0, 0.1) is 5.92 Å². The molecule has 1 N–H and O–H groups in total. The van der Waals surface area contributed by atoms with E-state index in [2.05, 4.69) is 0 Å². The lowest BCUT2D eigenvalue weighted by Crippen LogP contribution is -2.18. The topological polar surface area (TPSA) is 63.6 Å². The van der Waals surface area contributed by atoms with Crippen LogP contribution < -0.4 is 4.74 Å². The third-order valence-electron chi connectivity index (χ3n) is 3.47. The molecular weight excluding hydrogens is 280 g/mol. The summed E-state index contributed by atoms with van der Waals surface area (Å²) in [5, 5.41) is 9.32. The average molecular weight is 295 g/mol. The van der Waals surface area contributed by atoms with E-state index in [-0.39, 0.29) is 11.7 Å². The van der Waals surface area contributed by atoms with Gasteiger partial charge in [0.15, 0.2) is 5.78 Å². The molecule has 4 nitrogen and oxygen atoms in total. The first-order valence-electron chi connectivity index (χ1n) is 6.33. The van der Waals surface area contributed by atoms with Crippen LogP contribution in [0.4, 0.5) is 0 Å². The van der Waals surface area contributed by atoms with Crippen LogP contribution in [0.25, 0.3) is 0 Å². The molecule has 1 aromatic rings. The number of Topliss-reactive ketones (excluding diaryl/α,β-unsaturated/α-hetero) is 1. The van der Waals surface area contributed by atoms with Crippen LogP contribution in [0.1, 0.15) is 29.6 Å². The summed E-state index contributed by atoms with van der Waals surface area (Å²) in [7, 11) is 1.51. The Balaban J connectivity index is 2.16. The maximum absolute atomic E-state index is 12.3. The second-order valence-corrected chi connectivity index (χ2v) is 5.12. The largest absolute Gasteiger partial charge is 0.495 e. The van der Waals surface area contributed by atoms with Gasteiger partial charge in [-0.05, 0) is 43.0 Å². The molecule has 0 fully saturated rings. The standard InChI is InChI=1S/C15H15ClO4/c1-20-13-7-6-11(8-12(13)16)14(17)9-2-4-10(5-3-9)15(18)19/h2,6-8,10H,3-5H2,1H3,(H,18,19). The SMILES string of the molecule is COc1ccc(C(=O)C2=CCC(C(=O)O)CC2)cc1Cl. The van der Waals surface area contributed by atoms with Gasteiger partial charge in [0.2, 0.25) is 0 Å². The van der Waals surface area contributed by atoms with Gasteiger partial charge in [0.25, 0.3) is 0 Å². The third-order valence-corrected chi connectivity index (χ3v) is 3.76. The van der Waals surface area contributed by atoms with Gasteiger partial charge >= 0.3 is 5.97 Å². The number of benzene rings is 1. The summed E-state index contributed by atoms with van der Waals surface area (Å²) in [6.45, 7) is 0. The molecule has 1 atom stereocenters. The van der Waals surface area contributed by atoms with Crippen molar-refractivity contribution < 1.29 is 19.4 Å². The third kappa shape index (κ3) is 3.02. The van der Waals surface area contributed by atoms with E-state index in [9.17, 15) is 9.59 Å². The minimum atomic E-state index is -0.805. The first-order chi connectivity index (χ1) is 9.52. The fourth-order valence-corrected chi connectivity index (χ4v) is 2.52. The van der Waals surface area contributed by atoms with Crippen LogP contribution in [0.3, 0.4) is 0 Å². The molecule has 1 aliphatic rings. The average Bonchev–Trinajstić information content (AvgIpc) is 2.46. The van der Waals surface area contributed by atoms with E-state index < -0.39 is 5.97 Å². The Morgan fingerprint density at radius 3 is 2.65 bits per heavy atom. The molecule has 0 aromatic heterocycles. The Labute approximate surface area is 122 Å². The van der Waals surface area contributed by atoms with Crippen molar-refractivity contribution in [3.05, 3.63) is 40.4 Å². The van der Waals surface area contributed by atoms with E-state index >= 15 is 0 Å². The first-order valence-corrected chi connectivity index (χ1v) is 6.70. The van der Waals surface area contributed by atoms with Crippen molar-refractivity contribution in [2.24, 2.45) is 5.92 Å². The van der Waals surface area contributed by atoms with Gasteiger partial charge in [-0.2, -0.15) is 0 Å². The molecule has 0 radical (unpaired) electrons. The summed E-state index contributed by atoms with van der Waals surface area (Å²) < 4.78 is 5.04. The Bertz CT molecular complexity index is 577. The zero-order valence-corrected chi connectivity index (χ0v) is 11.8. The van der Waals surface area contributed by atoms with Crippen molar-refractivity contribution in [2.45, 2.75) is 19.3 Å². The molecule has 0 spiro atoms. The second-order valence-electron chi connectivity index (χ2n) is 4.72. The lowest BCUT2D eigenvalue weighted by atomic mass is 9.86. The van der Waals surface area contributed by atoms with Crippen LogP contribution in [0.5, 0.6) is 5.75 Å². The van der Waals surface area contributed by atoms with Gasteiger partial charge in [0.1, 0.15) is 5.75 Å². The summed E-state index contributed by atoms with van der Waals surface area (Å²) in [5.74, 6) is -0.767. The van der Waals surface area contributed by atoms with E-state index in [0.717, 1.165) is 0 Å². The van der Waals surface area contributed by atoms with Crippen LogP contribution in [-0.4, -0.2) is 24.0 Å². The highest BCUT2D eigenvalue weighted by Crippen LogP contribution is 2.29. The van der Waals surface area contributed by atoms with Gasteiger partial charge < -0.3 is 9.84 Å². The molecule has 1 aromatic carbocycles. The molecule has 5 heteroatoms. The highest BCUT2D eigenvalue weighted by Gasteiger charge is 2.24. The van der Waals surface area contributed by atoms with Crippen LogP contribution in [0.2, 0.25) is 5.02 Å². The molecule has 1 unspecified atom stereocenters. The lowest BCUT2D eigenvalue weighted by molar-refractivity contribution is -0.141. The molecular formula is C15H15ClO4. The summed E-state index contributed by atoms with van der Waals surface area (Å²) in [4.78, 5) is 23.2. The molecule has 0 aliphatic heterocycles. The zero-order valence-electron chi connectivity index (χ0n) is 11.1. The number of allylic oxidation sites excluding steroid dienone is 2. The number of carbonyl (C=O) groups excluding carboxylic acids is 1. The van der Waals surface area contributed by atoms with Gasteiger partial charge in [0, 0.05) is 5.56 Å². The van der Waals surface area contributed by atoms with Crippen molar-refractivity contribution in [2.75, 3.05) is 7.11 Å². The van der Waals surface area contributed by atoms with Crippen LogP contribution in [-0.2, 0) is 4.79 Å². The van der Waals surface area contributed by atoms with Crippen molar-refractivity contribution in [1.29, 1.82) is 0 Å². The normalized spacial score (nSPS) is 18.3.